The van der Waals surface area contributed by atoms with E-state index in [1.807, 2.05) is 34.9 Å². The molecule has 0 spiro atoms. The van der Waals surface area contributed by atoms with Gasteiger partial charge in [-0.05, 0) is 48.5 Å². The van der Waals surface area contributed by atoms with Gasteiger partial charge in [0.1, 0.15) is 17.8 Å². The molecule has 0 aliphatic carbocycles. The average molecular weight is 383 g/mol. The van der Waals surface area contributed by atoms with Gasteiger partial charge in [-0.3, -0.25) is 9.55 Å². The van der Waals surface area contributed by atoms with E-state index in [0.29, 0.717) is 11.3 Å². The molecule has 4 aromatic rings. The Morgan fingerprint density at radius 1 is 1.04 bits per heavy atom. The first-order valence-electron chi connectivity index (χ1n) is 7.26. The predicted octanol–water partition coefficient (Wildman–Crippen LogP) is 4.57. The molecule has 0 bridgehead atoms. The molecule has 4 nitrogen and oxygen atoms in total. The van der Waals surface area contributed by atoms with Crippen LogP contribution in [0.4, 0.5) is 10.1 Å². The van der Waals surface area contributed by atoms with E-state index in [4.69, 9.17) is 5.73 Å². The molecule has 0 aliphatic heterocycles. The van der Waals surface area contributed by atoms with Crippen LogP contribution in [0.1, 0.15) is 0 Å². The van der Waals surface area contributed by atoms with E-state index in [1.54, 1.807) is 24.7 Å². The average Bonchev–Trinajstić information content (AvgIpc) is 2.97. The lowest BCUT2D eigenvalue weighted by Gasteiger charge is -2.10. The SMILES string of the molecule is Nc1cc(-c2ncccc2F)cc(-n2cnc3cc(Br)ccc32)c1. The van der Waals surface area contributed by atoms with Crippen LogP contribution in [-0.2, 0) is 0 Å². The van der Waals surface area contributed by atoms with Crippen molar-refractivity contribution < 1.29 is 4.39 Å². The van der Waals surface area contributed by atoms with E-state index in [-0.39, 0.29) is 11.5 Å². The minimum Gasteiger partial charge on any atom is -0.399 e. The number of pyridine rings is 1. The Balaban J connectivity index is 1.91. The highest BCUT2D eigenvalue weighted by Gasteiger charge is 2.11. The number of nitrogens with zero attached hydrogens (tertiary/aromatic N) is 3. The highest BCUT2D eigenvalue weighted by molar-refractivity contribution is 9.10. The van der Waals surface area contributed by atoms with Gasteiger partial charge >= 0.3 is 0 Å². The molecule has 4 rings (SSSR count). The smallest absolute Gasteiger partial charge is 0.149 e. The third kappa shape index (κ3) is 2.55. The second-order valence-corrected chi connectivity index (χ2v) is 6.31. The zero-order chi connectivity index (χ0) is 16.7. The zero-order valence-electron chi connectivity index (χ0n) is 12.4. The number of hydrogen-bond donors (Lipinski definition) is 1. The molecule has 24 heavy (non-hydrogen) atoms. The van der Waals surface area contributed by atoms with Crippen molar-refractivity contribution in [2.75, 3.05) is 5.73 Å². The molecule has 0 atom stereocenters. The lowest BCUT2D eigenvalue weighted by Crippen LogP contribution is -1.97. The molecule has 0 unspecified atom stereocenters. The summed E-state index contributed by atoms with van der Waals surface area (Å²) in [6, 6.07) is 14.2. The summed E-state index contributed by atoms with van der Waals surface area (Å²) >= 11 is 3.44. The largest absolute Gasteiger partial charge is 0.399 e. The molecule has 0 saturated heterocycles. The Kier molecular flexibility index (Phi) is 3.54. The summed E-state index contributed by atoms with van der Waals surface area (Å²) < 4.78 is 16.9. The molecule has 118 valence electrons. The first-order chi connectivity index (χ1) is 11.6. The van der Waals surface area contributed by atoms with Crippen LogP contribution in [0.3, 0.4) is 0 Å². The van der Waals surface area contributed by atoms with Crippen molar-refractivity contribution in [3.05, 3.63) is 71.3 Å². The molecule has 2 aromatic heterocycles. The molecule has 2 aromatic carbocycles. The molecule has 6 heteroatoms. The minimum absolute atomic E-state index is 0.276. The maximum absolute atomic E-state index is 14.1. The van der Waals surface area contributed by atoms with E-state index in [0.717, 1.165) is 21.2 Å². The van der Waals surface area contributed by atoms with Gasteiger partial charge in [0.2, 0.25) is 0 Å². The number of fused-ring (bicyclic) bond motifs is 1. The summed E-state index contributed by atoms with van der Waals surface area (Å²) in [4.78, 5) is 8.53. The van der Waals surface area contributed by atoms with Crippen molar-refractivity contribution in [3.63, 3.8) is 0 Å². The summed E-state index contributed by atoms with van der Waals surface area (Å²) in [5.41, 5.74) is 10.1. The van der Waals surface area contributed by atoms with Gasteiger partial charge in [-0.1, -0.05) is 15.9 Å². The Morgan fingerprint density at radius 3 is 2.75 bits per heavy atom. The van der Waals surface area contributed by atoms with Crippen molar-refractivity contribution in [1.82, 2.24) is 14.5 Å². The maximum Gasteiger partial charge on any atom is 0.149 e. The molecule has 0 amide bonds. The number of nitrogen functional groups attached to an aromatic ring is 1. The van der Waals surface area contributed by atoms with Crippen LogP contribution in [0.2, 0.25) is 0 Å². The summed E-state index contributed by atoms with van der Waals surface area (Å²) in [5.74, 6) is -0.381. The van der Waals surface area contributed by atoms with Crippen molar-refractivity contribution in [2.45, 2.75) is 0 Å². The number of nitrogens with two attached hydrogens (primary N) is 1. The Bertz CT molecular complexity index is 1060. The van der Waals surface area contributed by atoms with Gasteiger partial charge in [0, 0.05) is 27.6 Å². The van der Waals surface area contributed by atoms with Crippen LogP contribution in [0.25, 0.3) is 28.0 Å². The lowest BCUT2D eigenvalue weighted by atomic mass is 10.1. The lowest BCUT2D eigenvalue weighted by molar-refractivity contribution is 0.626. The molecule has 2 N–H and O–H groups in total. The van der Waals surface area contributed by atoms with Gasteiger partial charge in [0.15, 0.2) is 0 Å². The van der Waals surface area contributed by atoms with Gasteiger partial charge < -0.3 is 5.73 Å². The van der Waals surface area contributed by atoms with Crippen LogP contribution in [0.5, 0.6) is 0 Å². The first-order valence-corrected chi connectivity index (χ1v) is 8.05. The Labute approximate surface area is 145 Å². The van der Waals surface area contributed by atoms with Crippen LogP contribution < -0.4 is 5.73 Å². The second-order valence-electron chi connectivity index (χ2n) is 5.39. The zero-order valence-corrected chi connectivity index (χ0v) is 14.0. The number of hydrogen-bond acceptors (Lipinski definition) is 3. The molecule has 0 saturated carbocycles. The van der Waals surface area contributed by atoms with E-state index in [1.165, 1.54) is 6.07 Å². The summed E-state index contributed by atoms with van der Waals surface area (Å²) in [5, 5.41) is 0. The van der Waals surface area contributed by atoms with Crippen molar-refractivity contribution in [2.24, 2.45) is 0 Å². The van der Waals surface area contributed by atoms with Gasteiger partial charge in [-0.15, -0.1) is 0 Å². The normalized spacial score (nSPS) is 11.1. The summed E-state index contributed by atoms with van der Waals surface area (Å²) in [6.45, 7) is 0. The third-order valence-corrected chi connectivity index (χ3v) is 4.25. The van der Waals surface area contributed by atoms with Crippen molar-refractivity contribution in [3.8, 4) is 16.9 Å². The second kappa shape index (κ2) is 5.72. The third-order valence-electron chi connectivity index (χ3n) is 3.76. The van der Waals surface area contributed by atoms with Crippen molar-refractivity contribution in [1.29, 1.82) is 0 Å². The summed E-state index contributed by atoms with van der Waals surface area (Å²) in [6.07, 6.45) is 3.29. The van der Waals surface area contributed by atoms with E-state index < -0.39 is 0 Å². The standard InChI is InChI=1S/C18H12BrFN4/c19-12-3-4-17-16(8-12)23-10-24(17)14-7-11(6-13(21)9-14)18-15(20)2-1-5-22-18/h1-10H,21H2. The fourth-order valence-electron chi connectivity index (χ4n) is 2.70. The number of halogens is 2. The molecular formula is C18H12BrFN4. The fourth-order valence-corrected chi connectivity index (χ4v) is 3.05. The van der Waals surface area contributed by atoms with Gasteiger partial charge in [0.05, 0.1) is 11.0 Å². The van der Waals surface area contributed by atoms with Crippen LogP contribution in [-0.4, -0.2) is 14.5 Å². The van der Waals surface area contributed by atoms with Crippen molar-refractivity contribution >= 4 is 32.7 Å². The fraction of sp³-hybridized carbons (Fsp3) is 0. The first kappa shape index (κ1) is 14.8. The van der Waals surface area contributed by atoms with Gasteiger partial charge in [-0.2, -0.15) is 0 Å². The predicted molar refractivity (Wildman–Crippen MR) is 96.4 cm³/mol. The number of benzene rings is 2. The summed E-state index contributed by atoms with van der Waals surface area (Å²) in [7, 11) is 0. The van der Waals surface area contributed by atoms with E-state index >= 15 is 0 Å². The van der Waals surface area contributed by atoms with Crippen LogP contribution >= 0.6 is 15.9 Å². The van der Waals surface area contributed by atoms with E-state index in [2.05, 4.69) is 25.9 Å². The Morgan fingerprint density at radius 2 is 1.92 bits per heavy atom. The van der Waals surface area contributed by atoms with Crippen LogP contribution in [0, 0.1) is 5.82 Å². The van der Waals surface area contributed by atoms with Gasteiger partial charge in [-0.25, -0.2) is 9.37 Å². The highest BCUT2D eigenvalue weighted by Crippen LogP contribution is 2.28. The van der Waals surface area contributed by atoms with Crippen LogP contribution in [0.15, 0.2) is 65.5 Å². The highest BCUT2D eigenvalue weighted by atomic mass is 79.9. The molecule has 2 heterocycles. The Hall–Kier alpha value is -2.73. The topological polar surface area (TPSA) is 56.7 Å². The molecule has 0 radical (unpaired) electrons. The molecule has 0 aliphatic rings. The number of imidazole rings is 1. The quantitative estimate of drug-likeness (QED) is 0.516. The number of anilines is 1. The number of rotatable bonds is 2. The van der Waals surface area contributed by atoms with Gasteiger partial charge in [0.25, 0.3) is 0 Å². The minimum atomic E-state index is -0.381. The maximum atomic E-state index is 14.1. The molecular weight excluding hydrogens is 371 g/mol. The van der Waals surface area contributed by atoms with E-state index in [9.17, 15) is 4.39 Å². The monoisotopic (exact) mass is 382 g/mol. The molecule has 0 fully saturated rings. The number of aromatic nitrogens is 3.